The quantitative estimate of drug-likeness (QED) is 0.612. The van der Waals surface area contributed by atoms with Crippen molar-refractivity contribution in [2.75, 3.05) is 12.8 Å². The maximum Gasteiger partial charge on any atom is 0.0417 e. The summed E-state index contributed by atoms with van der Waals surface area (Å²) in [4.78, 5) is 1.25. The van der Waals surface area contributed by atoms with Gasteiger partial charge in [-0.05, 0) is 50.9 Å². The van der Waals surface area contributed by atoms with E-state index in [2.05, 4.69) is 24.5 Å². The molecular weight excluding hydrogens is 274 g/mol. The van der Waals surface area contributed by atoms with E-state index in [0.29, 0.717) is 6.04 Å². The summed E-state index contributed by atoms with van der Waals surface area (Å²) in [6.45, 7) is 0. The summed E-state index contributed by atoms with van der Waals surface area (Å²) in [5.74, 6) is 1.07. The van der Waals surface area contributed by atoms with Gasteiger partial charge in [-0.25, -0.2) is 0 Å². The summed E-state index contributed by atoms with van der Waals surface area (Å²) >= 11 is 7.90. The molecule has 3 heteroatoms. The minimum Gasteiger partial charge on any atom is -0.313 e. The first kappa shape index (κ1) is 15.0. The Morgan fingerprint density at radius 1 is 1.32 bits per heavy atom. The van der Waals surface area contributed by atoms with Crippen LogP contribution in [0, 0.1) is 0 Å². The van der Waals surface area contributed by atoms with Gasteiger partial charge in [0, 0.05) is 21.7 Å². The molecule has 104 valence electrons. The van der Waals surface area contributed by atoms with Gasteiger partial charge in [0.2, 0.25) is 0 Å². The third-order valence-corrected chi connectivity index (χ3v) is 4.91. The molecule has 0 bridgehead atoms. The number of nitrogens with one attached hydrogen (secondary N) is 1. The SMILES string of the molecule is CNC(CSc1cccc(Cl)c1)C1=CCCCCC1. The van der Waals surface area contributed by atoms with E-state index in [-0.39, 0.29) is 0 Å². The number of hydrogen-bond donors (Lipinski definition) is 1. The zero-order valence-electron chi connectivity index (χ0n) is 11.5. The van der Waals surface area contributed by atoms with Gasteiger partial charge in [-0.2, -0.15) is 0 Å². The summed E-state index contributed by atoms with van der Waals surface area (Å²) in [6.07, 6.45) is 9.01. The lowest BCUT2D eigenvalue weighted by atomic mass is 10.0. The number of hydrogen-bond acceptors (Lipinski definition) is 2. The van der Waals surface area contributed by atoms with Crippen LogP contribution in [0.2, 0.25) is 5.02 Å². The Hall–Kier alpha value is -0.440. The van der Waals surface area contributed by atoms with Crippen molar-refractivity contribution in [3.8, 4) is 0 Å². The Bertz CT molecular complexity index is 431. The van der Waals surface area contributed by atoms with Crippen LogP contribution in [-0.2, 0) is 0 Å². The van der Waals surface area contributed by atoms with Gasteiger partial charge >= 0.3 is 0 Å². The van der Waals surface area contributed by atoms with Crippen LogP contribution < -0.4 is 5.32 Å². The minimum atomic E-state index is 0.488. The molecule has 1 aliphatic carbocycles. The minimum absolute atomic E-state index is 0.488. The molecular formula is C16H22ClNS. The third kappa shape index (κ3) is 4.87. The molecule has 0 amide bonds. The van der Waals surface area contributed by atoms with Gasteiger partial charge in [-0.3, -0.25) is 0 Å². The van der Waals surface area contributed by atoms with Crippen LogP contribution in [0.4, 0.5) is 0 Å². The number of benzene rings is 1. The lowest BCUT2D eigenvalue weighted by Crippen LogP contribution is -2.29. The van der Waals surface area contributed by atoms with Crippen LogP contribution in [0.1, 0.15) is 32.1 Å². The van der Waals surface area contributed by atoms with Gasteiger partial charge in [0.15, 0.2) is 0 Å². The average molecular weight is 296 g/mol. The second-order valence-corrected chi connectivity index (χ2v) is 6.52. The molecule has 1 atom stereocenters. The Balaban J connectivity index is 1.93. The summed E-state index contributed by atoms with van der Waals surface area (Å²) in [5.41, 5.74) is 1.59. The number of rotatable bonds is 5. The molecule has 19 heavy (non-hydrogen) atoms. The fraction of sp³-hybridized carbons (Fsp3) is 0.500. The van der Waals surface area contributed by atoms with E-state index >= 15 is 0 Å². The van der Waals surface area contributed by atoms with Gasteiger partial charge in [-0.15, -0.1) is 11.8 Å². The first-order valence-corrected chi connectivity index (χ1v) is 8.40. The molecule has 0 aliphatic heterocycles. The van der Waals surface area contributed by atoms with Crippen LogP contribution in [0.3, 0.4) is 0 Å². The highest BCUT2D eigenvalue weighted by molar-refractivity contribution is 7.99. The monoisotopic (exact) mass is 295 g/mol. The topological polar surface area (TPSA) is 12.0 Å². The second kappa shape index (κ2) is 7.98. The third-order valence-electron chi connectivity index (χ3n) is 3.58. The fourth-order valence-electron chi connectivity index (χ4n) is 2.47. The summed E-state index contributed by atoms with van der Waals surface area (Å²) < 4.78 is 0. The average Bonchev–Trinajstić information content (AvgIpc) is 2.69. The first-order valence-electron chi connectivity index (χ1n) is 7.04. The zero-order chi connectivity index (χ0) is 13.5. The molecule has 1 unspecified atom stereocenters. The van der Waals surface area contributed by atoms with Crippen LogP contribution in [0.15, 0.2) is 40.8 Å². The van der Waals surface area contributed by atoms with Crippen molar-refractivity contribution in [3.63, 3.8) is 0 Å². The fourth-order valence-corrected chi connectivity index (χ4v) is 3.85. The van der Waals surface area contributed by atoms with Gasteiger partial charge in [0.05, 0.1) is 0 Å². The van der Waals surface area contributed by atoms with Crippen molar-refractivity contribution in [1.82, 2.24) is 5.32 Å². The van der Waals surface area contributed by atoms with Crippen LogP contribution in [0.5, 0.6) is 0 Å². The Labute approximate surface area is 125 Å². The molecule has 2 rings (SSSR count). The van der Waals surface area contributed by atoms with Crippen molar-refractivity contribution < 1.29 is 0 Å². The Kier molecular flexibility index (Phi) is 6.29. The Morgan fingerprint density at radius 3 is 3.00 bits per heavy atom. The van der Waals surface area contributed by atoms with E-state index < -0.39 is 0 Å². The zero-order valence-corrected chi connectivity index (χ0v) is 13.1. The summed E-state index contributed by atoms with van der Waals surface area (Å²) in [7, 11) is 2.06. The van der Waals surface area contributed by atoms with E-state index in [1.54, 1.807) is 5.57 Å². The molecule has 0 saturated heterocycles. The lowest BCUT2D eigenvalue weighted by Gasteiger charge is -2.19. The van der Waals surface area contributed by atoms with E-state index in [4.69, 9.17) is 11.6 Å². The summed E-state index contributed by atoms with van der Waals surface area (Å²) in [6, 6.07) is 8.60. The van der Waals surface area contributed by atoms with Crippen molar-refractivity contribution in [2.45, 2.75) is 43.0 Å². The van der Waals surface area contributed by atoms with Crippen molar-refractivity contribution in [1.29, 1.82) is 0 Å². The highest BCUT2D eigenvalue weighted by atomic mass is 35.5. The standard InChI is InChI=1S/C16H22ClNS/c1-18-16(13-7-4-2-3-5-8-13)12-19-15-10-6-9-14(17)11-15/h6-7,9-11,16,18H,2-5,8,12H2,1H3. The molecule has 1 nitrogen and oxygen atoms in total. The van der Waals surface area contributed by atoms with E-state index in [0.717, 1.165) is 10.8 Å². The molecule has 0 heterocycles. The second-order valence-electron chi connectivity index (χ2n) is 4.99. The number of thioether (sulfide) groups is 1. The van der Waals surface area contributed by atoms with E-state index in [1.165, 1.54) is 37.0 Å². The molecule has 1 aromatic rings. The molecule has 0 aromatic heterocycles. The first-order chi connectivity index (χ1) is 9.29. The van der Waals surface area contributed by atoms with E-state index in [9.17, 15) is 0 Å². The van der Waals surface area contributed by atoms with E-state index in [1.807, 2.05) is 30.0 Å². The van der Waals surface area contributed by atoms with Crippen molar-refractivity contribution >= 4 is 23.4 Å². The molecule has 0 radical (unpaired) electrons. The number of allylic oxidation sites excluding steroid dienone is 1. The molecule has 0 saturated carbocycles. The van der Waals surface area contributed by atoms with Gasteiger partial charge < -0.3 is 5.32 Å². The molecule has 1 N–H and O–H groups in total. The predicted octanol–water partition coefficient (Wildman–Crippen LogP) is 4.91. The highest BCUT2D eigenvalue weighted by Gasteiger charge is 2.14. The lowest BCUT2D eigenvalue weighted by molar-refractivity contribution is 0.645. The summed E-state index contributed by atoms with van der Waals surface area (Å²) in [5, 5.41) is 4.28. The van der Waals surface area contributed by atoms with Crippen LogP contribution >= 0.6 is 23.4 Å². The molecule has 0 spiro atoms. The maximum absolute atomic E-state index is 6.02. The molecule has 0 fully saturated rings. The van der Waals surface area contributed by atoms with Gasteiger partial charge in [0.25, 0.3) is 0 Å². The van der Waals surface area contributed by atoms with Crippen LogP contribution in [-0.4, -0.2) is 18.8 Å². The predicted molar refractivity (Wildman–Crippen MR) is 86.2 cm³/mol. The maximum atomic E-state index is 6.02. The molecule has 1 aromatic carbocycles. The normalized spacial score (nSPS) is 17.7. The van der Waals surface area contributed by atoms with Crippen molar-refractivity contribution in [2.24, 2.45) is 0 Å². The smallest absolute Gasteiger partial charge is 0.0417 e. The van der Waals surface area contributed by atoms with Crippen LogP contribution in [0.25, 0.3) is 0 Å². The van der Waals surface area contributed by atoms with Gasteiger partial charge in [0.1, 0.15) is 0 Å². The highest BCUT2D eigenvalue weighted by Crippen LogP contribution is 2.26. The van der Waals surface area contributed by atoms with Gasteiger partial charge in [-0.1, -0.05) is 35.7 Å². The Morgan fingerprint density at radius 2 is 2.21 bits per heavy atom. The molecule has 1 aliphatic rings. The van der Waals surface area contributed by atoms with Crippen molar-refractivity contribution in [3.05, 3.63) is 40.9 Å². The number of likely N-dealkylation sites (N-methyl/N-ethyl adjacent to an activating group) is 1. The number of halogens is 1. The largest absolute Gasteiger partial charge is 0.313 e.